The minimum absolute atomic E-state index is 0.163. The SMILES string of the molecule is COc1cc(Nc2ccc(OCCN3CCN(C)CC3)cc2)c(NC(C)=O)cn1. The Morgan fingerprint density at radius 2 is 1.86 bits per heavy atom. The van der Waals surface area contributed by atoms with Crippen molar-refractivity contribution in [2.75, 3.05) is 64.1 Å². The van der Waals surface area contributed by atoms with E-state index in [1.54, 1.807) is 19.4 Å². The molecule has 2 aromatic rings. The van der Waals surface area contributed by atoms with Gasteiger partial charge in [-0.3, -0.25) is 9.69 Å². The van der Waals surface area contributed by atoms with E-state index in [0.29, 0.717) is 23.9 Å². The highest BCUT2D eigenvalue weighted by Gasteiger charge is 2.13. The van der Waals surface area contributed by atoms with Gasteiger partial charge in [0.15, 0.2) is 0 Å². The van der Waals surface area contributed by atoms with Crippen LogP contribution in [0.5, 0.6) is 11.6 Å². The molecular weight excluding hydrogens is 370 g/mol. The summed E-state index contributed by atoms with van der Waals surface area (Å²) in [5.41, 5.74) is 2.16. The Balaban J connectivity index is 1.55. The Labute approximate surface area is 171 Å². The Bertz CT molecular complexity index is 804. The molecule has 2 heterocycles. The number of anilines is 3. The number of nitrogens with one attached hydrogen (secondary N) is 2. The summed E-state index contributed by atoms with van der Waals surface area (Å²) in [4.78, 5) is 20.3. The van der Waals surface area contributed by atoms with Gasteiger partial charge in [-0.05, 0) is 31.3 Å². The van der Waals surface area contributed by atoms with E-state index in [4.69, 9.17) is 9.47 Å². The zero-order valence-corrected chi connectivity index (χ0v) is 17.3. The van der Waals surface area contributed by atoms with E-state index in [-0.39, 0.29) is 5.91 Å². The third-order valence-electron chi connectivity index (χ3n) is 4.80. The fourth-order valence-corrected chi connectivity index (χ4v) is 3.09. The number of piperazine rings is 1. The van der Waals surface area contributed by atoms with Gasteiger partial charge in [-0.2, -0.15) is 0 Å². The summed E-state index contributed by atoms with van der Waals surface area (Å²) in [5, 5.41) is 6.05. The molecule has 8 nitrogen and oxygen atoms in total. The van der Waals surface area contributed by atoms with Crippen LogP contribution in [0, 0.1) is 0 Å². The average molecular weight is 399 g/mol. The van der Waals surface area contributed by atoms with Crippen LogP contribution in [-0.2, 0) is 4.79 Å². The molecule has 0 unspecified atom stereocenters. The molecule has 156 valence electrons. The van der Waals surface area contributed by atoms with Gasteiger partial charge >= 0.3 is 0 Å². The number of rotatable bonds is 8. The third kappa shape index (κ3) is 6.33. The topological polar surface area (TPSA) is 79.0 Å². The van der Waals surface area contributed by atoms with Gasteiger partial charge in [0, 0.05) is 51.4 Å². The van der Waals surface area contributed by atoms with E-state index in [2.05, 4.69) is 32.5 Å². The number of carbonyl (C=O) groups is 1. The summed E-state index contributed by atoms with van der Waals surface area (Å²) in [7, 11) is 3.71. The predicted molar refractivity (Wildman–Crippen MR) is 114 cm³/mol. The summed E-state index contributed by atoms with van der Waals surface area (Å²) in [6.07, 6.45) is 1.57. The van der Waals surface area contributed by atoms with Crippen LogP contribution in [0.25, 0.3) is 0 Å². The number of methoxy groups -OCH3 is 1. The molecule has 0 aliphatic carbocycles. The van der Waals surface area contributed by atoms with Gasteiger partial charge in [-0.15, -0.1) is 0 Å². The quantitative estimate of drug-likeness (QED) is 0.706. The lowest BCUT2D eigenvalue weighted by atomic mass is 10.2. The van der Waals surface area contributed by atoms with Crippen molar-refractivity contribution in [3.63, 3.8) is 0 Å². The van der Waals surface area contributed by atoms with Crippen LogP contribution in [0.2, 0.25) is 0 Å². The van der Waals surface area contributed by atoms with Gasteiger partial charge in [0.05, 0.1) is 24.7 Å². The summed E-state index contributed by atoms with van der Waals surface area (Å²) < 4.78 is 11.1. The van der Waals surface area contributed by atoms with E-state index in [1.165, 1.54) is 6.92 Å². The van der Waals surface area contributed by atoms with E-state index >= 15 is 0 Å². The van der Waals surface area contributed by atoms with Crippen molar-refractivity contribution in [3.05, 3.63) is 36.5 Å². The second-order valence-electron chi connectivity index (χ2n) is 7.10. The molecule has 1 fully saturated rings. The van der Waals surface area contributed by atoms with Crippen molar-refractivity contribution in [3.8, 4) is 11.6 Å². The first kappa shape index (κ1) is 20.9. The first-order valence-electron chi connectivity index (χ1n) is 9.76. The van der Waals surface area contributed by atoms with Crippen molar-refractivity contribution in [2.45, 2.75) is 6.92 Å². The maximum atomic E-state index is 11.4. The highest BCUT2D eigenvalue weighted by atomic mass is 16.5. The first-order chi connectivity index (χ1) is 14.0. The molecule has 1 aliphatic heterocycles. The number of amides is 1. The minimum atomic E-state index is -0.163. The molecule has 29 heavy (non-hydrogen) atoms. The normalized spacial score (nSPS) is 15.0. The van der Waals surface area contributed by atoms with Gasteiger partial charge in [0.25, 0.3) is 0 Å². The van der Waals surface area contributed by atoms with Crippen LogP contribution < -0.4 is 20.1 Å². The highest BCUT2D eigenvalue weighted by molar-refractivity contribution is 5.93. The van der Waals surface area contributed by atoms with Crippen LogP contribution in [-0.4, -0.2) is 74.2 Å². The van der Waals surface area contributed by atoms with Crippen LogP contribution in [0.4, 0.5) is 17.1 Å². The van der Waals surface area contributed by atoms with Gasteiger partial charge < -0.3 is 25.0 Å². The van der Waals surface area contributed by atoms with E-state index < -0.39 is 0 Å². The van der Waals surface area contributed by atoms with Crippen molar-refractivity contribution < 1.29 is 14.3 Å². The molecule has 0 saturated carbocycles. The smallest absolute Gasteiger partial charge is 0.221 e. The second kappa shape index (κ2) is 10.1. The molecule has 0 atom stereocenters. The lowest BCUT2D eigenvalue weighted by Crippen LogP contribution is -2.45. The van der Waals surface area contributed by atoms with Gasteiger partial charge in [-0.25, -0.2) is 4.98 Å². The van der Waals surface area contributed by atoms with Crippen LogP contribution in [0.1, 0.15) is 6.92 Å². The highest BCUT2D eigenvalue weighted by Crippen LogP contribution is 2.29. The summed E-state index contributed by atoms with van der Waals surface area (Å²) in [6, 6.07) is 9.49. The molecule has 1 saturated heterocycles. The maximum Gasteiger partial charge on any atom is 0.221 e. The van der Waals surface area contributed by atoms with Crippen molar-refractivity contribution in [2.24, 2.45) is 0 Å². The van der Waals surface area contributed by atoms with Crippen molar-refractivity contribution >= 4 is 23.0 Å². The summed E-state index contributed by atoms with van der Waals surface area (Å²) >= 11 is 0. The number of hydrogen-bond acceptors (Lipinski definition) is 7. The molecule has 0 spiro atoms. The number of benzene rings is 1. The largest absolute Gasteiger partial charge is 0.492 e. The summed E-state index contributed by atoms with van der Waals surface area (Å²) in [6.45, 7) is 7.47. The van der Waals surface area contributed by atoms with Crippen LogP contribution >= 0.6 is 0 Å². The number of ether oxygens (including phenoxy) is 2. The molecule has 3 rings (SSSR count). The minimum Gasteiger partial charge on any atom is -0.492 e. The summed E-state index contributed by atoms with van der Waals surface area (Å²) in [5.74, 6) is 1.13. The Morgan fingerprint density at radius 3 is 2.52 bits per heavy atom. The van der Waals surface area contributed by atoms with Crippen molar-refractivity contribution in [1.82, 2.24) is 14.8 Å². The molecule has 1 aliphatic rings. The number of aromatic nitrogens is 1. The average Bonchev–Trinajstić information content (AvgIpc) is 2.72. The lowest BCUT2D eigenvalue weighted by molar-refractivity contribution is -0.114. The second-order valence-corrected chi connectivity index (χ2v) is 7.10. The Morgan fingerprint density at radius 1 is 1.14 bits per heavy atom. The van der Waals surface area contributed by atoms with Gasteiger partial charge in [0.1, 0.15) is 12.4 Å². The zero-order valence-electron chi connectivity index (χ0n) is 17.3. The van der Waals surface area contributed by atoms with Gasteiger partial charge in [-0.1, -0.05) is 0 Å². The molecule has 1 aromatic carbocycles. The number of hydrogen-bond donors (Lipinski definition) is 2. The van der Waals surface area contributed by atoms with Crippen molar-refractivity contribution in [1.29, 1.82) is 0 Å². The fourth-order valence-electron chi connectivity index (χ4n) is 3.09. The molecular formula is C21H29N5O3. The molecule has 1 amide bonds. The number of carbonyl (C=O) groups excluding carboxylic acids is 1. The third-order valence-corrected chi connectivity index (χ3v) is 4.80. The number of pyridine rings is 1. The van der Waals surface area contributed by atoms with E-state index in [0.717, 1.165) is 44.2 Å². The number of nitrogens with zero attached hydrogens (tertiary/aromatic N) is 3. The van der Waals surface area contributed by atoms with E-state index in [1.807, 2.05) is 24.3 Å². The first-order valence-corrected chi connectivity index (χ1v) is 9.76. The Kier molecular flexibility index (Phi) is 7.26. The van der Waals surface area contributed by atoms with Crippen LogP contribution in [0.3, 0.4) is 0 Å². The monoisotopic (exact) mass is 399 g/mol. The standard InChI is InChI=1S/C21H29N5O3/c1-16(27)23-20-15-22-21(28-3)14-19(20)24-17-4-6-18(7-5-17)29-13-12-26-10-8-25(2)9-11-26/h4-7,14-15H,8-13H2,1-3H3,(H,22,24)(H,23,27). The zero-order chi connectivity index (χ0) is 20.6. The lowest BCUT2D eigenvalue weighted by Gasteiger charge is -2.32. The molecule has 1 aromatic heterocycles. The molecule has 2 N–H and O–H groups in total. The number of likely N-dealkylation sites (N-methyl/N-ethyl adjacent to an activating group) is 1. The molecule has 8 heteroatoms. The van der Waals surface area contributed by atoms with Crippen LogP contribution in [0.15, 0.2) is 36.5 Å². The fraction of sp³-hybridized carbons (Fsp3) is 0.429. The Hall–Kier alpha value is -2.84. The van der Waals surface area contributed by atoms with Gasteiger partial charge in [0.2, 0.25) is 11.8 Å². The maximum absolute atomic E-state index is 11.4. The molecule has 0 radical (unpaired) electrons. The predicted octanol–water partition coefficient (Wildman–Crippen LogP) is 2.42. The van der Waals surface area contributed by atoms with E-state index in [9.17, 15) is 4.79 Å². The molecule has 0 bridgehead atoms.